The first-order valence-electron chi connectivity index (χ1n) is 7.10. The molecule has 0 bridgehead atoms. The highest BCUT2D eigenvalue weighted by Gasteiger charge is 2.25. The van der Waals surface area contributed by atoms with Crippen molar-refractivity contribution in [1.29, 1.82) is 0 Å². The van der Waals surface area contributed by atoms with Gasteiger partial charge in [0.25, 0.3) is 11.8 Å². The van der Waals surface area contributed by atoms with Crippen molar-refractivity contribution in [3.05, 3.63) is 47.1 Å². The monoisotopic (exact) mass is 321 g/mol. The molecule has 3 heterocycles. The molecule has 2 aromatic heterocycles. The maximum atomic E-state index is 12.2. The Balaban J connectivity index is 1.51. The number of nitrogens with one attached hydrogen (secondary N) is 2. The number of piperidine rings is 1. The predicted octanol–water partition coefficient (Wildman–Crippen LogP) is 2.30. The van der Waals surface area contributed by atoms with Crippen molar-refractivity contribution in [3.63, 3.8) is 0 Å². The Morgan fingerprint density at radius 3 is 2.73 bits per heavy atom. The lowest BCUT2D eigenvalue weighted by atomic mass is 10.0. The average Bonchev–Trinajstić information content (AvgIpc) is 3.18. The highest BCUT2D eigenvalue weighted by Crippen LogP contribution is 2.15. The second-order valence-corrected chi connectivity index (χ2v) is 5.72. The van der Waals surface area contributed by atoms with Crippen molar-refractivity contribution in [2.75, 3.05) is 13.1 Å². The summed E-state index contributed by atoms with van der Waals surface area (Å²) in [4.78, 5) is 28.8. The van der Waals surface area contributed by atoms with Gasteiger partial charge in [-0.2, -0.15) is 0 Å². The number of rotatable bonds is 3. The first-order valence-corrected chi connectivity index (χ1v) is 7.47. The average molecular weight is 322 g/mol. The lowest BCUT2D eigenvalue weighted by Crippen LogP contribution is -2.46. The molecule has 0 spiro atoms. The van der Waals surface area contributed by atoms with Gasteiger partial charge in [0.15, 0.2) is 0 Å². The molecular weight excluding hydrogens is 306 g/mol. The molecule has 1 fully saturated rings. The van der Waals surface area contributed by atoms with Crippen molar-refractivity contribution in [2.24, 2.45) is 0 Å². The minimum Gasteiger partial charge on any atom is -0.472 e. The summed E-state index contributed by atoms with van der Waals surface area (Å²) >= 11 is 5.79. The molecule has 2 aromatic rings. The number of aromatic nitrogens is 1. The second-order valence-electron chi connectivity index (χ2n) is 5.28. The van der Waals surface area contributed by atoms with E-state index in [1.54, 1.807) is 23.2 Å². The Hall–Kier alpha value is -2.21. The van der Waals surface area contributed by atoms with Crippen LogP contribution in [0.5, 0.6) is 0 Å². The summed E-state index contributed by atoms with van der Waals surface area (Å²) in [5.41, 5.74) is 1.01. The standard InChI is InChI=1S/C15H16ClN3O3/c16-11-7-13(17-8-11)14(20)18-12-1-4-19(5-2-12)15(21)10-3-6-22-9-10/h3,6-9,12,17H,1-2,4-5H2,(H,18,20). The number of carbonyl (C=O) groups is 2. The summed E-state index contributed by atoms with van der Waals surface area (Å²) in [6.45, 7) is 1.22. The number of hydrogen-bond donors (Lipinski definition) is 2. The van der Waals surface area contributed by atoms with Gasteiger partial charge in [-0.1, -0.05) is 11.6 Å². The molecule has 1 aliphatic rings. The van der Waals surface area contributed by atoms with Crippen LogP contribution < -0.4 is 5.32 Å². The minimum atomic E-state index is -0.175. The summed E-state index contributed by atoms with van der Waals surface area (Å²) in [6.07, 6.45) is 5.96. The van der Waals surface area contributed by atoms with Crippen LogP contribution in [0.4, 0.5) is 0 Å². The topological polar surface area (TPSA) is 78.3 Å². The molecule has 116 valence electrons. The van der Waals surface area contributed by atoms with Crippen LogP contribution in [0, 0.1) is 0 Å². The molecule has 0 unspecified atom stereocenters. The van der Waals surface area contributed by atoms with Crippen molar-refractivity contribution in [3.8, 4) is 0 Å². The quantitative estimate of drug-likeness (QED) is 0.910. The van der Waals surface area contributed by atoms with E-state index in [9.17, 15) is 9.59 Å². The number of H-pyrrole nitrogens is 1. The number of aromatic amines is 1. The SMILES string of the molecule is O=C(NC1CCN(C(=O)c2ccoc2)CC1)c1cc(Cl)c[nH]1. The van der Waals surface area contributed by atoms with Crippen LogP contribution in [0.2, 0.25) is 5.02 Å². The van der Waals surface area contributed by atoms with E-state index in [-0.39, 0.29) is 17.9 Å². The van der Waals surface area contributed by atoms with Gasteiger partial charge in [-0.15, -0.1) is 0 Å². The third kappa shape index (κ3) is 3.17. The van der Waals surface area contributed by atoms with Gasteiger partial charge in [0.1, 0.15) is 12.0 Å². The molecule has 1 saturated heterocycles. The van der Waals surface area contributed by atoms with Crippen molar-refractivity contribution < 1.29 is 14.0 Å². The number of nitrogens with zero attached hydrogens (tertiary/aromatic N) is 1. The van der Waals surface area contributed by atoms with E-state index in [1.807, 2.05) is 0 Å². The van der Waals surface area contributed by atoms with E-state index in [4.69, 9.17) is 16.0 Å². The first kappa shape index (κ1) is 14.7. The zero-order valence-corrected chi connectivity index (χ0v) is 12.6. The van der Waals surface area contributed by atoms with Gasteiger partial charge in [0.2, 0.25) is 0 Å². The van der Waals surface area contributed by atoms with Crippen LogP contribution in [0.25, 0.3) is 0 Å². The van der Waals surface area contributed by atoms with Crippen LogP contribution in [0.15, 0.2) is 35.3 Å². The maximum Gasteiger partial charge on any atom is 0.267 e. The molecule has 2 amide bonds. The highest BCUT2D eigenvalue weighted by atomic mass is 35.5. The molecule has 22 heavy (non-hydrogen) atoms. The van der Waals surface area contributed by atoms with Crippen LogP contribution in [-0.4, -0.2) is 40.8 Å². The molecule has 0 saturated carbocycles. The predicted molar refractivity (Wildman–Crippen MR) is 80.9 cm³/mol. The lowest BCUT2D eigenvalue weighted by molar-refractivity contribution is 0.0697. The smallest absolute Gasteiger partial charge is 0.267 e. The third-order valence-corrected chi connectivity index (χ3v) is 4.00. The van der Waals surface area contributed by atoms with E-state index in [2.05, 4.69) is 10.3 Å². The number of furan rings is 1. The zero-order valence-electron chi connectivity index (χ0n) is 11.8. The van der Waals surface area contributed by atoms with E-state index < -0.39 is 0 Å². The summed E-state index contributed by atoms with van der Waals surface area (Å²) < 4.78 is 4.93. The fraction of sp³-hybridized carbons (Fsp3) is 0.333. The Bertz CT molecular complexity index is 657. The van der Waals surface area contributed by atoms with Gasteiger partial charge in [0.05, 0.1) is 16.8 Å². The Morgan fingerprint density at radius 2 is 2.14 bits per heavy atom. The fourth-order valence-electron chi connectivity index (χ4n) is 2.56. The zero-order chi connectivity index (χ0) is 15.5. The van der Waals surface area contributed by atoms with Crippen LogP contribution in [-0.2, 0) is 0 Å². The molecule has 1 aliphatic heterocycles. The third-order valence-electron chi connectivity index (χ3n) is 3.78. The van der Waals surface area contributed by atoms with Gasteiger partial charge in [-0.3, -0.25) is 9.59 Å². The summed E-state index contributed by atoms with van der Waals surface area (Å²) in [6, 6.07) is 3.31. The molecule has 6 nitrogen and oxygen atoms in total. The van der Waals surface area contributed by atoms with Crippen molar-refractivity contribution in [2.45, 2.75) is 18.9 Å². The van der Waals surface area contributed by atoms with Gasteiger partial charge >= 0.3 is 0 Å². The Kier molecular flexibility index (Phi) is 4.20. The molecule has 7 heteroatoms. The number of halogens is 1. The van der Waals surface area contributed by atoms with Crippen molar-refractivity contribution in [1.82, 2.24) is 15.2 Å². The molecule has 0 radical (unpaired) electrons. The van der Waals surface area contributed by atoms with E-state index in [0.717, 1.165) is 12.8 Å². The molecule has 3 rings (SSSR count). The first-order chi connectivity index (χ1) is 10.6. The summed E-state index contributed by atoms with van der Waals surface area (Å²) in [5.74, 6) is -0.207. The molecule has 0 aromatic carbocycles. The second kappa shape index (κ2) is 6.27. The van der Waals surface area contributed by atoms with E-state index in [1.165, 1.54) is 12.5 Å². The largest absolute Gasteiger partial charge is 0.472 e. The molecule has 0 aliphatic carbocycles. The Morgan fingerprint density at radius 1 is 1.36 bits per heavy atom. The van der Waals surface area contributed by atoms with Crippen LogP contribution in [0.1, 0.15) is 33.7 Å². The lowest BCUT2D eigenvalue weighted by Gasteiger charge is -2.32. The van der Waals surface area contributed by atoms with Gasteiger partial charge in [-0.25, -0.2) is 0 Å². The molecule has 0 atom stereocenters. The number of likely N-dealkylation sites (tertiary alicyclic amines) is 1. The number of carbonyl (C=O) groups excluding carboxylic acids is 2. The van der Waals surface area contributed by atoms with Crippen LogP contribution in [0.3, 0.4) is 0 Å². The summed E-state index contributed by atoms with van der Waals surface area (Å²) in [5, 5.41) is 3.46. The van der Waals surface area contributed by atoms with Gasteiger partial charge in [-0.05, 0) is 25.0 Å². The summed E-state index contributed by atoms with van der Waals surface area (Å²) in [7, 11) is 0. The number of amides is 2. The van der Waals surface area contributed by atoms with Crippen molar-refractivity contribution >= 4 is 23.4 Å². The minimum absolute atomic E-state index is 0.0327. The molecular formula is C15H16ClN3O3. The highest BCUT2D eigenvalue weighted by molar-refractivity contribution is 6.30. The van der Waals surface area contributed by atoms with Gasteiger partial charge in [0, 0.05) is 25.3 Å². The van der Waals surface area contributed by atoms with E-state index >= 15 is 0 Å². The molecule has 2 N–H and O–H groups in total. The number of hydrogen-bond acceptors (Lipinski definition) is 3. The van der Waals surface area contributed by atoms with Crippen LogP contribution >= 0.6 is 11.6 Å². The van der Waals surface area contributed by atoms with E-state index in [0.29, 0.717) is 29.4 Å². The van der Waals surface area contributed by atoms with Gasteiger partial charge < -0.3 is 19.6 Å². The Labute approximate surface area is 132 Å². The maximum absolute atomic E-state index is 12.2. The fourth-order valence-corrected chi connectivity index (χ4v) is 2.72. The normalized spacial score (nSPS) is 15.8.